The molecule has 2 rings (SSSR count). The Hall–Kier alpha value is -1.14. The summed E-state index contributed by atoms with van der Waals surface area (Å²) in [5.41, 5.74) is -1.42. The summed E-state index contributed by atoms with van der Waals surface area (Å²) in [4.78, 5) is 38.1. The van der Waals surface area contributed by atoms with E-state index in [4.69, 9.17) is 9.47 Å². The van der Waals surface area contributed by atoms with Gasteiger partial charge < -0.3 is 19.7 Å². The number of hydrogen-bond donors (Lipinski definition) is 4. The van der Waals surface area contributed by atoms with Crippen molar-refractivity contribution < 1.29 is 24.5 Å². The quantitative estimate of drug-likeness (QED) is 0.101. The molecular formula is C27H45BrN2O7S. The normalized spacial score (nSPS) is 22.0. The van der Waals surface area contributed by atoms with E-state index in [1.165, 1.54) is 76.8 Å². The van der Waals surface area contributed by atoms with Crippen LogP contribution in [0.15, 0.2) is 20.3 Å². The third-order valence-electron chi connectivity index (χ3n) is 7.03. The molecule has 1 unspecified atom stereocenters. The van der Waals surface area contributed by atoms with Crippen LogP contribution in [0.1, 0.15) is 109 Å². The predicted octanol–water partition coefficient (Wildman–Crippen LogP) is 4.63. The summed E-state index contributed by atoms with van der Waals surface area (Å²) in [6.45, 7) is 1.96. The van der Waals surface area contributed by atoms with Crippen LogP contribution in [0.5, 0.6) is 0 Å². The minimum atomic E-state index is -1.45. The van der Waals surface area contributed by atoms with Crippen molar-refractivity contribution >= 4 is 34.5 Å². The topological polar surface area (TPSA) is 131 Å². The average Bonchev–Trinajstić information content (AvgIpc) is 3.17. The number of esters is 1. The molecule has 1 aromatic rings. The van der Waals surface area contributed by atoms with Crippen LogP contribution < -0.4 is 11.2 Å². The van der Waals surface area contributed by atoms with E-state index in [1.54, 1.807) is 0 Å². The minimum Gasteiger partial charge on any atom is -0.462 e. The summed E-state index contributed by atoms with van der Waals surface area (Å²) in [5.74, 6) is -0.513. The Bertz CT molecular complexity index is 941. The molecule has 3 N–H and O–H groups in total. The lowest BCUT2D eigenvalue weighted by Crippen LogP contribution is -2.38. The van der Waals surface area contributed by atoms with Crippen molar-refractivity contribution in [1.29, 1.82) is 0 Å². The molecule has 218 valence electrons. The molecule has 2 heterocycles. The van der Waals surface area contributed by atoms with Gasteiger partial charge in [0, 0.05) is 6.20 Å². The first-order chi connectivity index (χ1) is 18.3. The predicted molar refractivity (Wildman–Crippen MR) is 154 cm³/mol. The van der Waals surface area contributed by atoms with Gasteiger partial charge >= 0.3 is 11.7 Å². The van der Waals surface area contributed by atoms with E-state index in [-0.39, 0.29) is 11.1 Å². The Morgan fingerprint density at radius 2 is 1.53 bits per heavy atom. The highest BCUT2D eigenvalue weighted by molar-refractivity contribution is 9.10. The fourth-order valence-electron chi connectivity index (χ4n) is 4.66. The van der Waals surface area contributed by atoms with Gasteiger partial charge in [-0.25, -0.2) is 4.79 Å². The molecule has 1 aliphatic heterocycles. The maximum Gasteiger partial charge on any atom is 0.330 e. The van der Waals surface area contributed by atoms with Gasteiger partial charge in [-0.2, -0.15) is 12.6 Å². The van der Waals surface area contributed by atoms with E-state index in [0.29, 0.717) is 6.42 Å². The van der Waals surface area contributed by atoms with Crippen molar-refractivity contribution in [2.45, 2.75) is 133 Å². The van der Waals surface area contributed by atoms with Crippen molar-refractivity contribution in [2.75, 3.05) is 6.61 Å². The van der Waals surface area contributed by atoms with Crippen molar-refractivity contribution in [3.05, 3.63) is 31.5 Å². The molecule has 0 spiro atoms. The molecule has 0 bridgehead atoms. The number of H-pyrrole nitrogens is 1. The van der Waals surface area contributed by atoms with E-state index >= 15 is 0 Å². The number of rotatable bonds is 19. The number of nitrogens with one attached hydrogen (secondary N) is 1. The molecule has 1 fully saturated rings. The second-order valence-electron chi connectivity index (χ2n) is 10.2. The lowest BCUT2D eigenvalue weighted by Gasteiger charge is -2.17. The van der Waals surface area contributed by atoms with Gasteiger partial charge in [0.2, 0.25) is 0 Å². The molecule has 0 aliphatic carbocycles. The fourth-order valence-corrected chi connectivity index (χ4v) is 5.23. The number of aliphatic hydroxyl groups is 2. The number of thiol groups is 1. The lowest BCUT2D eigenvalue weighted by molar-refractivity contribution is -0.149. The number of hydrogen-bond acceptors (Lipinski definition) is 8. The molecule has 0 aromatic carbocycles. The number of halogens is 1. The van der Waals surface area contributed by atoms with Crippen molar-refractivity contribution in [3.63, 3.8) is 0 Å². The second kappa shape index (κ2) is 18.3. The van der Waals surface area contributed by atoms with Crippen LogP contribution in [0.2, 0.25) is 0 Å². The number of unbranched alkanes of at least 4 members (excludes halogenated alkanes) is 13. The first kappa shape index (κ1) is 33.1. The van der Waals surface area contributed by atoms with Gasteiger partial charge in [0.15, 0.2) is 6.23 Å². The van der Waals surface area contributed by atoms with E-state index in [2.05, 4.69) is 40.5 Å². The van der Waals surface area contributed by atoms with Gasteiger partial charge in [0.05, 0.1) is 9.72 Å². The van der Waals surface area contributed by atoms with Crippen LogP contribution >= 0.6 is 28.6 Å². The zero-order chi connectivity index (χ0) is 27.9. The molecule has 1 aromatic heterocycles. The van der Waals surface area contributed by atoms with Crippen molar-refractivity contribution in [2.24, 2.45) is 0 Å². The summed E-state index contributed by atoms with van der Waals surface area (Å²) in [6.07, 6.45) is 14.4. The average molecular weight is 622 g/mol. The summed E-state index contributed by atoms with van der Waals surface area (Å²) < 4.78 is 11.9. The first-order valence-electron chi connectivity index (χ1n) is 14.1. The number of nitrogens with zero attached hydrogens (tertiary/aromatic N) is 1. The van der Waals surface area contributed by atoms with Gasteiger partial charge in [-0.1, -0.05) is 96.8 Å². The highest BCUT2D eigenvalue weighted by atomic mass is 79.9. The van der Waals surface area contributed by atoms with Gasteiger partial charge in [-0.3, -0.25) is 19.1 Å². The van der Waals surface area contributed by atoms with Crippen LogP contribution in [0.4, 0.5) is 0 Å². The number of carbonyl (C=O) groups is 1. The third kappa shape index (κ3) is 11.2. The molecule has 9 nitrogen and oxygen atoms in total. The van der Waals surface area contributed by atoms with Gasteiger partial charge in [-0.15, -0.1) is 0 Å². The molecule has 1 aliphatic rings. The van der Waals surface area contributed by atoms with Crippen LogP contribution in [-0.4, -0.2) is 55.9 Å². The van der Waals surface area contributed by atoms with Crippen molar-refractivity contribution in [1.82, 2.24) is 9.55 Å². The molecule has 11 heteroatoms. The maximum atomic E-state index is 12.3. The Balaban J connectivity index is 1.56. The standard InChI is InChI=1S/C27H45BrN2O7S/c1-2-3-4-5-6-7-8-9-10-11-12-13-14-15-16-21(38)26(34)36-18-20-22(31)23(32)25(37-20)30-17-19(28)24(33)29-27(30)35/h17,20-23,25,31-32,38H,2-16,18H2,1H3,(H,29,33,35)/t20-,21?,22-,23-,25-/m1/s1. The minimum absolute atomic E-state index is 0.0682. The van der Waals surface area contributed by atoms with Crippen LogP contribution in [0, 0.1) is 0 Å². The summed E-state index contributed by atoms with van der Waals surface area (Å²) >= 11 is 7.38. The number of aromatic nitrogens is 2. The summed E-state index contributed by atoms with van der Waals surface area (Å²) in [5, 5.41) is 20.1. The Morgan fingerprint density at radius 1 is 1.00 bits per heavy atom. The zero-order valence-electron chi connectivity index (χ0n) is 22.5. The van der Waals surface area contributed by atoms with E-state index in [1.807, 2.05) is 0 Å². The lowest BCUT2D eigenvalue weighted by atomic mass is 10.0. The highest BCUT2D eigenvalue weighted by Gasteiger charge is 2.45. The summed E-state index contributed by atoms with van der Waals surface area (Å²) in [6, 6.07) is 0. The fraction of sp³-hybridized carbons (Fsp3) is 0.815. The van der Waals surface area contributed by atoms with Crippen LogP contribution in [0.3, 0.4) is 0 Å². The molecular weight excluding hydrogens is 576 g/mol. The highest BCUT2D eigenvalue weighted by Crippen LogP contribution is 2.29. The molecule has 1 saturated heterocycles. The van der Waals surface area contributed by atoms with Crippen LogP contribution in [-0.2, 0) is 14.3 Å². The van der Waals surface area contributed by atoms with Crippen molar-refractivity contribution in [3.8, 4) is 0 Å². The smallest absolute Gasteiger partial charge is 0.330 e. The van der Waals surface area contributed by atoms with E-state index in [0.717, 1.165) is 23.8 Å². The van der Waals surface area contributed by atoms with E-state index in [9.17, 15) is 24.6 Å². The Labute approximate surface area is 239 Å². The number of aliphatic hydroxyl groups excluding tert-OH is 2. The second-order valence-corrected chi connectivity index (χ2v) is 11.7. The largest absolute Gasteiger partial charge is 0.462 e. The Kier molecular flexibility index (Phi) is 15.9. The van der Waals surface area contributed by atoms with E-state index < -0.39 is 47.0 Å². The zero-order valence-corrected chi connectivity index (χ0v) is 25.0. The van der Waals surface area contributed by atoms with Gasteiger partial charge in [0.25, 0.3) is 5.56 Å². The van der Waals surface area contributed by atoms with Crippen LogP contribution in [0.25, 0.3) is 0 Å². The molecule has 38 heavy (non-hydrogen) atoms. The Morgan fingerprint density at radius 3 is 2.08 bits per heavy atom. The third-order valence-corrected chi connectivity index (χ3v) is 8.06. The molecule has 5 atom stereocenters. The first-order valence-corrected chi connectivity index (χ1v) is 15.4. The van der Waals surface area contributed by atoms with Gasteiger partial charge in [0.1, 0.15) is 24.9 Å². The number of ether oxygens (including phenoxy) is 2. The maximum absolute atomic E-state index is 12.3. The molecule has 0 radical (unpaired) electrons. The monoisotopic (exact) mass is 620 g/mol. The number of aromatic amines is 1. The van der Waals surface area contributed by atoms with Gasteiger partial charge in [-0.05, 0) is 22.4 Å². The summed E-state index contributed by atoms with van der Waals surface area (Å²) in [7, 11) is 0. The molecule has 0 amide bonds. The number of carbonyl (C=O) groups excluding carboxylic acids is 1. The molecule has 0 saturated carbocycles. The SMILES string of the molecule is CCCCCCCCCCCCCCCCC(S)C(=O)OC[C@H]1O[C@@H](n2cc(Br)c(=O)[nH]c2=O)[C@H](O)[C@@H]1O.